The van der Waals surface area contributed by atoms with Gasteiger partial charge in [0.05, 0.1) is 9.40 Å². The molecule has 0 radical (unpaired) electrons. The molecule has 2 aromatic rings. The zero-order valence-electron chi connectivity index (χ0n) is 10.3. The predicted octanol–water partition coefficient (Wildman–Crippen LogP) is 3.51. The van der Waals surface area contributed by atoms with Crippen molar-refractivity contribution in [3.05, 3.63) is 50.7 Å². The number of benzene rings is 1. The van der Waals surface area contributed by atoms with Gasteiger partial charge in [0.2, 0.25) is 0 Å². The van der Waals surface area contributed by atoms with E-state index in [1.54, 1.807) is 12.1 Å². The third kappa shape index (κ3) is 3.21. The van der Waals surface area contributed by atoms with Gasteiger partial charge in [-0.15, -0.1) is 0 Å². The second-order valence-corrected chi connectivity index (χ2v) is 5.23. The molecule has 0 amide bonds. The van der Waals surface area contributed by atoms with E-state index in [-0.39, 0.29) is 11.7 Å². The zero-order valence-corrected chi connectivity index (χ0v) is 11.9. The van der Waals surface area contributed by atoms with Gasteiger partial charge in [-0.05, 0) is 47.1 Å². The number of nitrogens with zero attached hydrogens (tertiary/aromatic N) is 1. The summed E-state index contributed by atoms with van der Waals surface area (Å²) >= 11 is 3.19. The van der Waals surface area contributed by atoms with Crippen molar-refractivity contribution in [2.24, 2.45) is 5.73 Å². The molecule has 0 bridgehead atoms. The fourth-order valence-electron chi connectivity index (χ4n) is 1.77. The molecule has 1 atom stereocenters. The molecule has 1 unspecified atom stereocenters. The van der Waals surface area contributed by atoms with Crippen molar-refractivity contribution in [1.29, 1.82) is 0 Å². The lowest BCUT2D eigenvalue weighted by atomic mass is 10.1. The highest BCUT2D eigenvalue weighted by Gasteiger charge is 2.14. The molecular formula is C13H13BrN2O3. The van der Waals surface area contributed by atoms with Crippen molar-refractivity contribution in [1.82, 2.24) is 0 Å². The van der Waals surface area contributed by atoms with Gasteiger partial charge in [-0.2, -0.15) is 0 Å². The third-order valence-electron chi connectivity index (χ3n) is 2.61. The lowest BCUT2D eigenvalue weighted by Crippen LogP contribution is -2.17. The highest BCUT2D eigenvalue weighted by molar-refractivity contribution is 9.10. The zero-order chi connectivity index (χ0) is 14.0. The minimum absolute atomic E-state index is 0.0302. The van der Waals surface area contributed by atoms with Crippen LogP contribution in [0.3, 0.4) is 0 Å². The molecule has 0 saturated carbocycles. The Kier molecular flexibility index (Phi) is 4.01. The Labute approximate surface area is 118 Å². The average molecular weight is 325 g/mol. The topological polar surface area (TPSA) is 82.3 Å². The van der Waals surface area contributed by atoms with E-state index in [0.29, 0.717) is 16.7 Å². The summed E-state index contributed by atoms with van der Waals surface area (Å²) in [7, 11) is 0. The number of hydrogen-bond acceptors (Lipinski definition) is 4. The molecule has 0 aliphatic carbocycles. The summed E-state index contributed by atoms with van der Waals surface area (Å²) in [6.45, 7) is 1.91. The molecule has 0 saturated heterocycles. The Morgan fingerprint density at radius 2 is 2.16 bits per heavy atom. The number of rotatable bonds is 4. The second kappa shape index (κ2) is 5.54. The molecule has 0 aliphatic heterocycles. The minimum atomic E-state index is -0.433. The fourth-order valence-corrected chi connectivity index (χ4v) is 2.29. The van der Waals surface area contributed by atoms with Crippen LogP contribution in [0.2, 0.25) is 0 Å². The van der Waals surface area contributed by atoms with E-state index in [4.69, 9.17) is 10.2 Å². The van der Waals surface area contributed by atoms with Crippen LogP contribution in [0.1, 0.15) is 12.7 Å². The minimum Gasteiger partial charge on any atom is -0.461 e. The van der Waals surface area contributed by atoms with Crippen LogP contribution >= 0.6 is 15.9 Å². The van der Waals surface area contributed by atoms with Gasteiger partial charge in [-0.3, -0.25) is 10.1 Å². The molecule has 19 heavy (non-hydrogen) atoms. The first-order valence-corrected chi connectivity index (χ1v) is 6.55. The normalized spacial score (nSPS) is 12.4. The van der Waals surface area contributed by atoms with Crippen LogP contribution in [0, 0.1) is 10.1 Å². The van der Waals surface area contributed by atoms with Gasteiger partial charge in [0, 0.05) is 24.1 Å². The van der Waals surface area contributed by atoms with Gasteiger partial charge < -0.3 is 10.2 Å². The average Bonchev–Trinajstić information content (AvgIpc) is 2.75. The molecule has 0 aliphatic rings. The number of nitro groups is 1. The number of halogens is 1. The summed E-state index contributed by atoms with van der Waals surface area (Å²) in [6.07, 6.45) is 0.661. The first-order chi connectivity index (χ1) is 8.97. The summed E-state index contributed by atoms with van der Waals surface area (Å²) < 4.78 is 6.10. The monoisotopic (exact) mass is 324 g/mol. The quantitative estimate of drug-likeness (QED) is 0.689. The summed E-state index contributed by atoms with van der Waals surface area (Å²) in [5.41, 5.74) is 6.53. The predicted molar refractivity (Wildman–Crippen MR) is 75.9 cm³/mol. The Balaban J connectivity index is 2.29. The largest absolute Gasteiger partial charge is 0.461 e. The molecule has 2 rings (SSSR count). The molecule has 1 aromatic carbocycles. The fraction of sp³-hybridized carbons (Fsp3) is 0.231. The Morgan fingerprint density at radius 1 is 1.42 bits per heavy atom. The first-order valence-electron chi connectivity index (χ1n) is 5.76. The maximum absolute atomic E-state index is 10.7. The highest BCUT2D eigenvalue weighted by Crippen LogP contribution is 2.31. The highest BCUT2D eigenvalue weighted by atomic mass is 79.9. The molecule has 1 aromatic heterocycles. The molecule has 1 heterocycles. The standard InChI is InChI=1S/C13H13BrN2O3/c1-8(15)6-10-3-5-13(19-10)9-2-4-12(16(17)18)11(14)7-9/h2-5,7-8H,6,15H2,1H3. The van der Waals surface area contributed by atoms with Crippen LogP contribution < -0.4 is 5.73 Å². The smallest absolute Gasteiger partial charge is 0.283 e. The van der Waals surface area contributed by atoms with Crippen LogP contribution in [-0.2, 0) is 6.42 Å². The molecule has 5 nitrogen and oxygen atoms in total. The van der Waals surface area contributed by atoms with Gasteiger partial charge >= 0.3 is 0 Å². The third-order valence-corrected chi connectivity index (χ3v) is 3.25. The van der Waals surface area contributed by atoms with E-state index in [0.717, 1.165) is 11.3 Å². The molecule has 100 valence electrons. The van der Waals surface area contributed by atoms with E-state index in [9.17, 15) is 10.1 Å². The molecule has 2 N–H and O–H groups in total. The summed E-state index contributed by atoms with van der Waals surface area (Å²) in [5, 5.41) is 10.7. The first kappa shape index (κ1) is 13.8. The van der Waals surface area contributed by atoms with Gasteiger partial charge in [-0.25, -0.2) is 0 Å². The van der Waals surface area contributed by atoms with Gasteiger partial charge in [-0.1, -0.05) is 0 Å². The van der Waals surface area contributed by atoms with Crippen LogP contribution in [0.5, 0.6) is 0 Å². The summed E-state index contributed by atoms with van der Waals surface area (Å²) in [6, 6.07) is 8.53. The van der Waals surface area contributed by atoms with Crippen molar-refractivity contribution in [3.63, 3.8) is 0 Å². The second-order valence-electron chi connectivity index (χ2n) is 4.37. The van der Waals surface area contributed by atoms with E-state index < -0.39 is 4.92 Å². The van der Waals surface area contributed by atoms with Crippen LogP contribution in [0.15, 0.2) is 39.2 Å². The summed E-state index contributed by atoms with van der Waals surface area (Å²) in [4.78, 5) is 10.3. The maximum Gasteiger partial charge on any atom is 0.283 e. The van der Waals surface area contributed by atoms with Crippen molar-refractivity contribution >= 4 is 21.6 Å². The van der Waals surface area contributed by atoms with Crippen molar-refractivity contribution in [2.45, 2.75) is 19.4 Å². The van der Waals surface area contributed by atoms with Gasteiger partial charge in [0.1, 0.15) is 11.5 Å². The Hall–Kier alpha value is -1.66. The van der Waals surface area contributed by atoms with Crippen LogP contribution in [0.4, 0.5) is 5.69 Å². The Morgan fingerprint density at radius 3 is 2.74 bits per heavy atom. The molecule has 0 spiro atoms. The number of nitrogens with two attached hydrogens (primary N) is 1. The molecule has 6 heteroatoms. The SMILES string of the molecule is CC(N)Cc1ccc(-c2ccc([N+](=O)[O-])c(Br)c2)o1. The number of furan rings is 1. The summed E-state index contributed by atoms with van der Waals surface area (Å²) in [5.74, 6) is 1.48. The lowest BCUT2D eigenvalue weighted by Gasteiger charge is -2.02. The van der Waals surface area contributed by atoms with Crippen molar-refractivity contribution in [2.75, 3.05) is 0 Å². The lowest BCUT2D eigenvalue weighted by molar-refractivity contribution is -0.385. The molecule has 0 fully saturated rings. The maximum atomic E-state index is 10.7. The number of nitro benzene ring substituents is 1. The number of hydrogen-bond donors (Lipinski definition) is 1. The van der Waals surface area contributed by atoms with Crippen LogP contribution in [0.25, 0.3) is 11.3 Å². The van der Waals surface area contributed by atoms with Crippen LogP contribution in [-0.4, -0.2) is 11.0 Å². The van der Waals surface area contributed by atoms with E-state index in [1.165, 1.54) is 6.07 Å². The van der Waals surface area contributed by atoms with Crippen molar-refractivity contribution in [3.8, 4) is 11.3 Å². The molecular weight excluding hydrogens is 312 g/mol. The van der Waals surface area contributed by atoms with E-state index >= 15 is 0 Å². The van der Waals surface area contributed by atoms with Gasteiger partial charge in [0.25, 0.3) is 5.69 Å². The van der Waals surface area contributed by atoms with E-state index in [1.807, 2.05) is 19.1 Å². The van der Waals surface area contributed by atoms with Gasteiger partial charge in [0.15, 0.2) is 0 Å². The van der Waals surface area contributed by atoms with Crippen molar-refractivity contribution < 1.29 is 9.34 Å². The van der Waals surface area contributed by atoms with E-state index in [2.05, 4.69) is 15.9 Å². The Bertz CT molecular complexity index is 608.